The van der Waals surface area contributed by atoms with Crippen LogP contribution in [-0.2, 0) is 25.7 Å². The predicted octanol–water partition coefficient (Wildman–Crippen LogP) is 4.28. The number of hydrogen-bond donors (Lipinski definition) is 0. The van der Waals surface area contributed by atoms with Gasteiger partial charge < -0.3 is 14.4 Å². The van der Waals surface area contributed by atoms with Gasteiger partial charge in [0.25, 0.3) is 0 Å². The third-order valence-electron chi connectivity index (χ3n) is 5.66. The fourth-order valence-corrected chi connectivity index (χ4v) is 5.08. The van der Waals surface area contributed by atoms with Crippen molar-refractivity contribution in [2.75, 3.05) is 37.4 Å². The normalized spacial score (nSPS) is 17.3. The molecule has 10 heteroatoms. The van der Waals surface area contributed by atoms with E-state index >= 15 is 0 Å². The summed E-state index contributed by atoms with van der Waals surface area (Å²) in [5, 5.41) is 0.229. The second-order valence-electron chi connectivity index (χ2n) is 9.40. The molecule has 2 aliphatic rings. The van der Waals surface area contributed by atoms with Gasteiger partial charge in [-0.05, 0) is 70.1 Å². The Morgan fingerprint density at radius 3 is 2.38 bits per heavy atom. The second-order valence-corrected chi connectivity index (χ2v) is 11.8. The first-order valence-corrected chi connectivity index (χ1v) is 13.1. The van der Waals surface area contributed by atoms with Crippen molar-refractivity contribution in [3.05, 3.63) is 22.7 Å². The van der Waals surface area contributed by atoms with E-state index in [0.717, 1.165) is 31.1 Å². The molecule has 32 heavy (non-hydrogen) atoms. The molecule has 0 radical (unpaired) electrons. The highest BCUT2D eigenvalue weighted by molar-refractivity contribution is 7.90. The molecule has 2 heterocycles. The second kappa shape index (κ2) is 9.47. The highest BCUT2D eigenvalue weighted by Gasteiger charge is 2.31. The molecule has 1 fully saturated rings. The smallest absolute Gasteiger partial charge is 0.414 e. The fourth-order valence-electron chi connectivity index (χ4n) is 3.98. The van der Waals surface area contributed by atoms with E-state index in [2.05, 4.69) is 0 Å². The number of carbonyl (C=O) groups excluding carboxylic acids is 2. The zero-order chi connectivity index (χ0) is 23.7. The monoisotopic (exact) mass is 486 g/mol. The van der Waals surface area contributed by atoms with Crippen molar-refractivity contribution < 1.29 is 27.5 Å². The van der Waals surface area contributed by atoms with Crippen LogP contribution in [0.15, 0.2) is 17.0 Å². The third kappa shape index (κ3) is 6.07. The SMILES string of the molecule is CC(C)(C)OC(=O)N1CCC(CCOC(=O)N2CCc3cc(S(C)(=O)=O)cc(Cl)c32)CC1. The van der Waals surface area contributed by atoms with Crippen LogP contribution in [0.25, 0.3) is 0 Å². The summed E-state index contributed by atoms with van der Waals surface area (Å²) in [5.74, 6) is 0.369. The zero-order valence-electron chi connectivity index (χ0n) is 19.0. The number of benzene rings is 1. The van der Waals surface area contributed by atoms with E-state index < -0.39 is 21.5 Å². The molecule has 178 valence electrons. The van der Waals surface area contributed by atoms with Gasteiger partial charge >= 0.3 is 12.2 Å². The van der Waals surface area contributed by atoms with Gasteiger partial charge in [-0.25, -0.2) is 18.0 Å². The Morgan fingerprint density at radius 1 is 1.12 bits per heavy atom. The maximum absolute atomic E-state index is 12.6. The number of carbonyl (C=O) groups is 2. The van der Waals surface area contributed by atoms with Gasteiger partial charge in [0.15, 0.2) is 9.84 Å². The van der Waals surface area contributed by atoms with Gasteiger partial charge in [0.05, 0.1) is 22.2 Å². The summed E-state index contributed by atoms with van der Waals surface area (Å²) < 4.78 is 34.5. The van der Waals surface area contributed by atoms with Crippen molar-refractivity contribution in [2.45, 2.75) is 57.0 Å². The number of halogens is 1. The van der Waals surface area contributed by atoms with E-state index in [9.17, 15) is 18.0 Å². The van der Waals surface area contributed by atoms with E-state index in [1.54, 1.807) is 11.0 Å². The summed E-state index contributed by atoms with van der Waals surface area (Å²) in [4.78, 5) is 28.1. The molecule has 0 spiro atoms. The molecule has 0 aromatic heterocycles. The molecule has 1 aromatic rings. The number of rotatable bonds is 4. The minimum absolute atomic E-state index is 0.147. The molecule has 2 amide bonds. The lowest BCUT2D eigenvalue weighted by Crippen LogP contribution is -2.42. The molecule has 2 aliphatic heterocycles. The van der Waals surface area contributed by atoms with Gasteiger partial charge in [-0.15, -0.1) is 0 Å². The molecular weight excluding hydrogens is 456 g/mol. The van der Waals surface area contributed by atoms with Crippen molar-refractivity contribution >= 4 is 39.3 Å². The number of anilines is 1. The van der Waals surface area contributed by atoms with E-state index in [0.29, 0.717) is 37.7 Å². The van der Waals surface area contributed by atoms with Crippen molar-refractivity contribution in [1.82, 2.24) is 4.90 Å². The molecule has 0 saturated carbocycles. The molecule has 8 nitrogen and oxygen atoms in total. The molecule has 0 bridgehead atoms. The van der Waals surface area contributed by atoms with Crippen LogP contribution in [0.5, 0.6) is 0 Å². The molecule has 0 unspecified atom stereocenters. The molecule has 0 N–H and O–H groups in total. The van der Waals surface area contributed by atoms with Crippen LogP contribution in [-0.4, -0.2) is 63.6 Å². The van der Waals surface area contributed by atoms with Crippen LogP contribution in [0.4, 0.5) is 15.3 Å². The van der Waals surface area contributed by atoms with Gasteiger partial charge in [-0.1, -0.05) is 11.6 Å². The Hall–Kier alpha value is -2.00. The summed E-state index contributed by atoms with van der Waals surface area (Å²) in [6, 6.07) is 2.95. The summed E-state index contributed by atoms with van der Waals surface area (Å²) in [7, 11) is -3.38. The predicted molar refractivity (Wildman–Crippen MR) is 122 cm³/mol. The van der Waals surface area contributed by atoms with Crippen LogP contribution in [0.1, 0.15) is 45.6 Å². The van der Waals surface area contributed by atoms with Gasteiger partial charge in [-0.3, -0.25) is 4.90 Å². The van der Waals surface area contributed by atoms with Crippen molar-refractivity contribution in [3.8, 4) is 0 Å². The molecule has 1 saturated heterocycles. The summed E-state index contributed by atoms with van der Waals surface area (Å²) in [5.41, 5.74) is 0.741. The topological polar surface area (TPSA) is 93.2 Å². The van der Waals surface area contributed by atoms with Crippen molar-refractivity contribution in [1.29, 1.82) is 0 Å². The standard InChI is InChI=1S/C22H31ClN2O6S/c1-22(2,3)31-20(26)24-9-5-15(6-10-24)8-12-30-21(27)25-11-7-16-13-17(32(4,28)29)14-18(23)19(16)25/h13-15H,5-12H2,1-4H3. The lowest BCUT2D eigenvalue weighted by molar-refractivity contribution is 0.0175. The number of hydrogen-bond acceptors (Lipinski definition) is 6. The van der Waals surface area contributed by atoms with Gasteiger partial charge in [0, 0.05) is 25.9 Å². The largest absolute Gasteiger partial charge is 0.449 e. The van der Waals surface area contributed by atoms with Crippen LogP contribution >= 0.6 is 11.6 Å². The van der Waals surface area contributed by atoms with E-state index in [4.69, 9.17) is 21.1 Å². The van der Waals surface area contributed by atoms with Crippen molar-refractivity contribution in [2.24, 2.45) is 5.92 Å². The molecule has 0 aliphatic carbocycles. The quantitative estimate of drug-likeness (QED) is 0.630. The number of piperidine rings is 1. The number of sulfone groups is 1. The summed E-state index contributed by atoms with van der Waals surface area (Å²) in [6.07, 6.45) is 3.28. The van der Waals surface area contributed by atoms with Gasteiger partial charge in [0.1, 0.15) is 5.60 Å². The maximum atomic E-state index is 12.6. The average molecular weight is 487 g/mol. The molecule has 1 aromatic carbocycles. The van der Waals surface area contributed by atoms with E-state index in [1.807, 2.05) is 20.8 Å². The Bertz CT molecular complexity index is 981. The first-order valence-electron chi connectivity index (χ1n) is 10.8. The van der Waals surface area contributed by atoms with Crippen LogP contribution < -0.4 is 4.90 Å². The molecular formula is C22H31ClN2O6S. The Morgan fingerprint density at radius 2 is 1.78 bits per heavy atom. The van der Waals surface area contributed by atoms with E-state index in [1.165, 1.54) is 11.0 Å². The first kappa shape index (κ1) is 24.6. The first-order chi connectivity index (χ1) is 14.8. The lowest BCUT2D eigenvalue weighted by Gasteiger charge is -2.33. The van der Waals surface area contributed by atoms with Crippen LogP contribution in [0.2, 0.25) is 5.02 Å². The number of nitrogens with zero attached hydrogens (tertiary/aromatic N) is 2. The number of amides is 2. The Balaban J connectivity index is 1.48. The summed E-state index contributed by atoms with van der Waals surface area (Å²) >= 11 is 6.30. The Labute approximate surface area is 194 Å². The van der Waals surface area contributed by atoms with Gasteiger partial charge in [0.2, 0.25) is 0 Å². The third-order valence-corrected chi connectivity index (χ3v) is 7.04. The van der Waals surface area contributed by atoms with Gasteiger partial charge in [-0.2, -0.15) is 0 Å². The van der Waals surface area contributed by atoms with Crippen LogP contribution in [0, 0.1) is 5.92 Å². The average Bonchev–Trinajstić information content (AvgIpc) is 3.11. The highest BCUT2D eigenvalue weighted by atomic mass is 35.5. The summed E-state index contributed by atoms with van der Waals surface area (Å²) in [6.45, 7) is 7.49. The highest BCUT2D eigenvalue weighted by Crippen LogP contribution is 2.38. The maximum Gasteiger partial charge on any atom is 0.414 e. The number of likely N-dealkylation sites (tertiary alicyclic amines) is 1. The minimum atomic E-state index is -3.38. The molecule has 0 atom stereocenters. The lowest BCUT2D eigenvalue weighted by atomic mass is 9.94. The van der Waals surface area contributed by atoms with E-state index in [-0.39, 0.29) is 22.6 Å². The van der Waals surface area contributed by atoms with Crippen molar-refractivity contribution in [3.63, 3.8) is 0 Å². The zero-order valence-corrected chi connectivity index (χ0v) is 20.6. The fraction of sp³-hybridized carbons (Fsp3) is 0.636. The number of ether oxygens (including phenoxy) is 2. The minimum Gasteiger partial charge on any atom is -0.449 e. The van der Waals surface area contributed by atoms with Crippen LogP contribution in [0.3, 0.4) is 0 Å². The Kier molecular flexibility index (Phi) is 7.29. The number of fused-ring (bicyclic) bond motifs is 1. The molecule has 3 rings (SSSR count).